The number of amides is 1. The van der Waals surface area contributed by atoms with Gasteiger partial charge in [0, 0.05) is 21.8 Å². The molecular formula is C22H17BrN2O2. The number of carbonyl (C=O) groups is 1. The first-order valence-electron chi connectivity index (χ1n) is 8.33. The Morgan fingerprint density at radius 3 is 2.63 bits per heavy atom. The van der Waals surface area contributed by atoms with Crippen LogP contribution in [0.25, 0.3) is 17.4 Å². The fourth-order valence-corrected chi connectivity index (χ4v) is 3.28. The van der Waals surface area contributed by atoms with Gasteiger partial charge >= 0.3 is 0 Å². The van der Waals surface area contributed by atoms with Gasteiger partial charge in [-0.2, -0.15) is 5.26 Å². The van der Waals surface area contributed by atoms with E-state index in [1.807, 2.05) is 62.4 Å². The van der Waals surface area contributed by atoms with E-state index in [0.29, 0.717) is 17.2 Å². The molecule has 1 amide bonds. The molecule has 1 N–H and O–H groups in total. The van der Waals surface area contributed by atoms with Gasteiger partial charge in [0.2, 0.25) is 0 Å². The van der Waals surface area contributed by atoms with Crippen molar-refractivity contribution in [3.8, 4) is 17.4 Å². The Balaban J connectivity index is 1.84. The molecule has 4 nitrogen and oxygen atoms in total. The van der Waals surface area contributed by atoms with E-state index in [1.54, 1.807) is 12.1 Å². The number of hydrogen-bond acceptors (Lipinski definition) is 3. The lowest BCUT2D eigenvalue weighted by atomic mass is 10.1. The highest BCUT2D eigenvalue weighted by atomic mass is 79.9. The summed E-state index contributed by atoms with van der Waals surface area (Å²) in [5.41, 5.74) is 3.61. The second-order valence-electron chi connectivity index (χ2n) is 6.12. The number of hydrogen-bond donors (Lipinski definition) is 1. The first kappa shape index (κ1) is 18.7. The molecule has 5 heteroatoms. The highest BCUT2D eigenvalue weighted by Gasteiger charge is 2.13. The Kier molecular flexibility index (Phi) is 5.58. The molecule has 0 aliphatic carbocycles. The third kappa shape index (κ3) is 4.36. The van der Waals surface area contributed by atoms with Crippen molar-refractivity contribution < 1.29 is 9.21 Å². The van der Waals surface area contributed by atoms with Gasteiger partial charge in [0.1, 0.15) is 23.2 Å². The molecule has 1 heterocycles. The fourth-order valence-electron chi connectivity index (χ4n) is 2.59. The summed E-state index contributed by atoms with van der Waals surface area (Å²) in [7, 11) is 0. The lowest BCUT2D eigenvalue weighted by Gasteiger charge is -2.06. The first-order valence-corrected chi connectivity index (χ1v) is 9.12. The molecule has 3 aromatic rings. The zero-order valence-corrected chi connectivity index (χ0v) is 16.5. The average Bonchev–Trinajstić information content (AvgIpc) is 3.09. The Bertz CT molecular complexity index is 1070. The summed E-state index contributed by atoms with van der Waals surface area (Å²) < 4.78 is 6.73. The van der Waals surface area contributed by atoms with E-state index in [-0.39, 0.29) is 5.57 Å². The van der Waals surface area contributed by atoms with Crippen LogP contribution in [-0.4, -0.2) is 5.91 Å². The summed E-state index contributed by atoms with van der Waals surface area (Å²) >= 11 is 3.53. The Labute approximate surface area is 166 Å². The molecule has 0 spiro atoms. The molecule has 0 atom stereocenters. The molecular weight excluding hydrogens is 404 g/mol. The van der Waals surface area contributed by atoms with Gasteiger partial charge in [-0.15, -0.1) is 0 Å². The lowest BCUT2D eigenvalue weighted by molar-refractivity contribution is -0.112. The average molecular weight is 421 g/mol. The third-order valence-corrected chi connectivity index (χ3v) is 4.72. The van der Waals surface area contributed by atoms with Crippen molar-refractivity contribution in [1.82, 2.24) is 0 Å². The predicted octanol–water partition coefficient (Wildman–Crippen LogP) is 5.87. The smallest absolute Gasteiger partial charge is 0.266 e. The number of aryl methyl sites for hydroxylation is 2. The van der Waals surface area contributed by atoms with Crippen LogP contribution in [-0.2, 0) is 4.79 Å². The zero-order valence-electron chi connectivity index (χ0n) is 14.9. The number of nitrogens with zero attached hydrogens (tertiary/aromatic N) is 1. The topological polar surface area (TPSA) is 66.0 Å². The van der Waals surface area contributed by atoms with Gasteiger partial charge in [0.25, 0.3) is 5.91 Å². The molecule has 3 rings (SSSR count). The standard InChI is InChI=1S/C22H17BrN2O2/c1-14-7-9-18(19(23)11-14)21-10-8-17(27-21)12-16(13-24)22(26)25-20-6-4-3-5-15(20)2/h3-12H,1-2H3,(H,25,26)/b16-12-. The molecule has 1 aromatic heterocycles. The molecule has 0 saturated carbocycles. The molecule has 27 heavy (non-hydrogen) atoms. The predicted molar refractivity (Wildman–Crippen MR) is 110 cm³/mol. The molecule has 2 aromatic carbocycles. The van der Waals surface area contributed by atoms with Gasteiger partial charge in [-0.3, -0.25) is 4.79 Å². The first-order chi connectivity index (χ1) is 13.0. The minimum atomic E-state index is -0.471. The van der Waals surface area contributed by atoms with Gasteiger partial charge in [0.15, 0.2) is 0 Å². The molecule has 0 unspecified atom stereocenters. The molecule has 0 fully saturated rings. The Morgan fingerprint density at radius 1 is 1.15 bits per heavy atom. The van der Waals surface area contributed by atoms with E-state index in [9.17, 15) is 10.1 Å². The summed E-state index contributed by atoms with van der Waals surface area (Å²) in [5, 5.41) is 12.1. The van der Waals surface area contributed by atoms with Crippen molar-refractivity contribution in [3.05, 3.63) is 81.5 Å². The van der Waals surface area contributed by atoms with Crippen LogP contribution < -0.4 is 5.32 Å². The third-order valence-electron chi connectivity index (χ3n) is 4.06. The van der Waals surface area contributed by atoms with E-state index in [4.69, 9.17) is 4.42 Å². The fraction of sp³-hybridized carbons (Fsp3) is 0.0909. The van der Waals surface area contributed by atoms with Crippen LogP contribution in [0.3, 0.4) is 0 Å². The van der Waals surface area contributed by atoms with Gasteiger partial charge in [0.05, 0.1) is 0 Å². The molecule has 0 radical (unpaired) electrons. The lowest BCUT2D eigenvalue weighted by Crippen LogP contribution is -2.14. The number of nitrogens with one attached hydrogen (secondary N) is 1. The van der Waals surface area contributed by atoms with E-state index < -0.39 is 5.91 Å². The van der Waals surface area contributed by atoms with E-state index in [2.05, 4.69) is 21.2 Å². The largest absolute Gasteiger partial charge is 0.457 e. The maximum Gasteiger partial charge on any atom is 0.266 e. The maximum atomic E-state index is 12.4. The number of benzene rings is 2. The minimum absolute atomic E-state index is 0.0258. The minimum Gasteiger partial charge on any atom is -0.457 e. The highest BCUT2D eigenvalue weighted by Crippen LogP contribution is 2.31. The summed E-state index contributed by atoms with van der Waals surface area (Å²) in [6, 6.07) is 18.9. The molecule has 0 bridgehead atoms. The van der Waals surface area contributed by atoms with Gasteiger partial charge < -0.3 is 9.73 Å². The van der Waals surface area contributed by atoms with Crippen molar-refractivity contribution in [2.75, 3.05) is 5.32 Å². The number of nitriles is 1. The summed E-state index contributed by atoms with van der Waals surface area (Å²) in [6.45, 7) is 3.90. The van der Waals surface area contributed by atoms with Crippen LogP contribution in [0.2, 0.25) is 0 Å². The van der Waals surface area contributed by atoms with Crippen molar-refractivity contribution in [2.24, 2.45) is 0 Å². The highest BCUT2D eigenvalue weighted by molar-refractivity contribution is 9.10. The van der Waals surface area contributed by atoms with Gasteiger partial charge in [-0.1, -0.05) is 40.2 Å². The number of para-hydroxylation sites is 1. The van der Waals surface area contributed by atoms with Crippen LogP contribution in [0.1, 0.15) is 16.9 Å². The van der Waals surface area contributed by atoms with Crippen molar-refractivity contribution >= 4 is 33.6 Å². The number of halogens is 1. The molecule has 0 aliphatic rings. The van der Waals surface area contributed by atoms with E-state index >= 15 is 0 Å². The number of rotatable bonds is 4. The number of anilines is 1. The molecule has 0 saturated heterocycles. The Morgan fingerprint density at radius 2 is 1.93 bits per heavy atom. The zero-order chi connectivity index (χ0) is 19.4. The van der Waals surface area contributed by atoms with Crippen LogP contribution in [0.15, 0.2) is 69.1 Å². The number of furan rings is 1. The SMILES string of the molecule is Cc1ccc(-c2ccc(/C=C(/C#N)C(=O)Nc3ccccc3C)o2)c(Br)c1. The summed E-state index contributed by atoms with van der Waals surface area (Å²) in [4.78, 5) is 12.4. The van der Waals surface area contributed by atoms with E-state index in [0.717, 1.165) is 21.2 Å². The van der Waals surface area contributed by atoms with Crippen molar-refractivity contribution in [2.45, 2.75) is 13.8 Å². The van der Waals surface area contributed by atoms with Crippen molar-refractivity contribution in [3.63, 3.8) is 0 Å². The van der Waals surface area contributed by atoms with E-state index in [1.165, 1.54) is 6.08 Å². The van der Waals surface area contributed by atoms with Crippen molar-refractivity contribution in [1.29, 1.82) is 5.26 Å². The summed E-state index contributed by atoms with van der Waals surface area (Å²) in [6.07, 6.45) is 1.44. The monoisotopic (exact) mass is 420 g/mol. The molecule has 0 aliphatic heterocycles. The number of carbonyl (C=O) groups excluding carboxylic acids is 1. The van der Waals surface area contributed by atoms with Crippen LogP contribution >= 0.6 is 15.9 Å². The maximum absolute atomic E-state index is 12.4. The Hall–Kier alpha value is -3.10. The van der Waals surface area contributed by atoms with Crippen LogP contribution in [0.5, 0.6) is 0 Å². The quantitative estimate of drug-likeness (QED) is 0.423. The molecule has 134 valence electrons. The summed E-state index contributed by atoms with van der Waals surface area (Å²) in [5.74, 6) is 0.625. The van der Waals surface area contributed by atoms with Gasteiger partial charge in [-0.05, 0) is 55.3 Å². The van der Waals surface area contributed by atoms with Crippen LogP contribution in [0, 0.1) is 25.2 Å². The second kappa shape index (κ2) is 8.07. The van der Waals surface area contributed by atoms with Crippen LogP contribution in [0.4, 0.5) is 5.69 Å². The van der Waals surface area contributed by atoms with Gasteiger partial charge in [-0.25, -0.2) is 0 Å². The normalized spacial score (nSPS) is 11.1. The second-order valence-corrected chi connectivity index (χ2v) is 6.98.